The van der Waals surface area contributed by atoms with Crippen LogP contribution in [0.4, 0.5) is 5.69 Å². The molecule has 3 N–H and O–H groups in total. The molecule has 0 saturated heterocycles. The van der Waals surface area contributed by atoms with Crippen molar-refractivity contribution in [1.82, 2.24) is 4.31 Å². The molecule has 0 atom stereocenters. The molecule has 0 aliphatic rings. The lowest BCUT2D eigenvalue weighted by Gasteiger charge is -2.19. The molecule has 0 aliphatic carbocycles. The normalized spacial score (nSPS) is 11.0. The summed E-state index contributed by atoms with van der Waals surface area (Å²) in [6.07, 6.45) is 0.727. The van der Waals surface area contributed by atoms with Gasteiger partial charge in [-0.05, 0) is 31.4 Å². The zero-order valence-corrected chi connectivity index (χ0v) is 16.8. The zero-order valence-electron chi connectivity index (χ0n) is 15.3. The summed E-state index contributed by atoms with van der Waals surface area (Å²) >= 11 is 5.43. The number of aliphatic hydroxyl groups is 1. The summed E-state index contributed by atoms with van der Waals surface area (Å²) in [6, 6.07) is 6.05. The summed E-state index contributed by atoms with van der Waals surface area (Å²) in [5.74, 6) is -1.22. The van der Waals surface area contributed by atoms with Crippen molar-refractivity contribution in [3.63, 3.8) is 0 Å². The average Bonchev–Trinajstić information content (AvgIpc) is 2.59. The number of nitrogens with zero attached hydrogens (tertiary/aromatic N) is 1. The van der Waals surface area contributed by atoms with Gasteiger partial charge in [0.2, 0.25) is 0 Å². The topological polar surface area (TPSA) is 119 Å². The number of aliphatic hydroxyl groups excluding tert-OH is 1. The van der Waals surface area contributed by atoms with Crippen LogP contribution in [0.3, 0.4) is 0 Å². The quantitative estimate of drug-likeness (QED) is 0.274. The third-order valence-electron chi connectivity index (χ3n) is 3.10. The summed E-state index contributed by atoms with van der Waals surface area (Å²) in [5, 5.41) is 8.41. The fourth-order valence-electron chi connectivity index (χ4n) is 1.67. The number of para-hydroxylation sites is 1. The second-order valence-electron chi connectivity index (χ2n) is 5.28. The number of rotatable bonds is 9. The van der Waals surface area contributed by atoms with Crippen molar-refractivity contribution < 1.29 is 27.2 Å². The predicted octanol–water partition coefficient (Wildman–Crippen LogP) is 1.58. The molecule has 0 aliphatic heterocycles. The minimum absolute atomic E-state index is 0.0331. The second kappa shape index (κ2) is 12.9. The van der Waals surface area contributed by atoms with E-state index in [9.17, 15) is 13.2 Å². The number of anilines is 1. The van der Waals surface area contributed by atoms with E-state index in [1.54, 1.807) is 0 Å². The Kier molecular flexibility index (Phi) is 12.2. The first-order valence-corrected chi connectivity index (χ1v) is 9.88. The van der Waals surface area contributed by atoms with E-state index in [0.29, 0.717) is 6.61 Å². The monoisotopic (exact) mass is 410 g/mol. The van der Waals surface area contributed by atoms with Gasteiger partial charge in [0.25, 0.3) is 0 Å². The van der Waals surface area contributed by atoms with Crippen LogP contribution in [0.25, 0.3) is 0 Å². The molecule has 0 amide bonds. The fraction of sp³-hybridized carbons (Fsp3) is 0.562. The summed E-state index contributed by atoms with van der Waals surface area (Å²) in [7, 11) is -4.26. The van der Waals surface area contributed by atoms with E-state index < -0.39 is 22.9 Å². The number of hydrogen-bond acceptors (Lipinski definition) is 7. The van der Waals surface area contributed by atoms with Crippen LogP contribution >= 0.6 is 11.6 Å². The van der Waals surface area contributed by atoms with Gasteiger partial charge in [-0.25, -0.2) is 4.79 Å². The summed E-state index contributed by atoms with van der Waals surface area (Å²) in [5.41, 5.74) is 8.92. The number of nitrogens with two attached hydrogens (primary N) is 1. The molecule has 0 radical (unpaired) electrons. The Morgan fingerprint density at radius 2 is 1.88 bits per heavy atom. The van der Waals surface area contributed by atoms with Crippen LogP contribution in [0, 0.1) is 13.8 Å². The number of nitrogen functional groups attached to an aromatic ring is 1. The minimum Gasteiger partial charge on any atom is -0.398 e. The maximum Gasteiger partial charge on any atom is 0.389 e. The highest BCUT2D eigenvalue weighted by atomic mass is 35.5. The summed E-state index contributed by atoms with van der Waals surface area (Å²) in [6.45, 7) is 4.97. The van der Waals surface area contributed by atoms with E-state index in [4.69, 9.17) is 27.2 Å². The number of carbonyl (C=O) groups excluding carboxylic acids is 1. The molecule has 8 nitrogen and oxygen atoms in total. The number of carbonyl (C=O) groups is 1. The Hall–Kier alpha value is -1.39. The molecule has 150 valence electrons. The van der Waals surface area contributed by atoms with Crippen molar-refractivity contribution in [3.05, 3.63) is 29.3 Å². The van der Waals surface area contributed by atoms with E-state index in [-0.39, 0.29) is 19.2 Å². The van der Waals surface area contributed by atoms with E-state index in [1.165, 1.54) is 0 Å². The first-order chi connectivity index (χ1) is 12.2. The maximum atomic E-state index is 11.5. The van der Waals surface area contributed by atoms with E-state index in [0.717, 1.165) is 27.5 Å². The number of alkyl halides is 1. The lowest BCUT2D eigenvalue weighted by Crippen LogP contribution is -2.37. The zero-order chi connectivity index (χ0) is 20.2. The summed E-state index contributed by atoms with van der Waals surface area (Å²) < 4.78 is 33.0. The molecule has 1 aromatic carbocycles. The minimum atomic E-state index is -4.26. The molecule has 0 spiro atoms. The Labute approximate surface area is 160 Å². The second-order valence-corrected chi connectivity index (χ2v) is 7.19. The standard InChI is InChI=1S/C8H16ClNO6S.C8H11N/c1-2-5-15-7-10(4-3-9)17(13,14)16-8(12)6-11;1-6-4-3-5-7(2)8(6)9/h11H,2-7H2,1H3;3-5H,9H2,1-2H3. The van der Waals surface area contributed by atoms with Gasteiger partial charge in [0.05, 0.1) is 0 Å². The molecule has 0 fully saturated rings. The molecule has 0 unspecified atom stereocenters. The van der Waals surface area contributed by atoms with Crippen molar-refractivity contribution in [1.29, 1.82) is 0 Å². The SMILES string of the molecule is CCCOCN(CCCl)S(=O)(=O)OC(=O)CO.Cc1cccc(C)c1N. The van der Waals surface area contributed by atoms with Crippen LogP contribution in [0.2, 0.25) is 0 Å². The highest BCUT2D eigenvalue weighted by Crippen LogP contribution is 2.13. The Morgan fingerprint density at radius 1 is 1.31 bits per heavy atom. The first-order valence-electron chi connectivity index (χ1n) is 7.98. The molecule has 0 bridgehead atoms. The van der Waals surface area contributed by atoms with Gasteiger partial charge in [0.1, 0.15) is 13.3 Å². The van der Waals surface area contributed by atoms with E-state index in [1.807, 2.05) is 39.0 Å². The predicted molar refractivity (Wildman–Crippen MR) is 101 cm³/mol. The molecule has 10 heteroatoms. The van der Waals surface area contributed by atoms with Gasteiger partial charge >= 0.3 is 16.3 Å². The fourth-order valence-corrected chi connectivity index (χ4v) is 2.89. The van der Waals surface area contributed by atoms with Gasteiger partial charge in [-0.2, -0.15) is 8.42 Å². The molecule has 1 aromatic rings. The third kappa shape index (κ3) is 9.35. The number of ether oxygens (including phenoxy) is 1. The number of aryl methyl sites for hydroxylation is 2. The van der Waals surface area contributed by atoms with Gasteiger partial charge in [0, 0.05) is 24.7 Å². The molecular weight excluding hydrogens is 384 g/mol. The van der Waals surface area contributed by atoms with Gasteiger partial charge < -0.3 is 19.8 Å². The third-order valence-corrected chi connectivity index (χ3v) is 4.59. The highest BCUT2D eigenvalue weighted by Gasteiger charge is 2.26. The molecular formula is C16H27ClN2O6S. The smallest absolute Gasteiger partial charge is 0.389 e. The molecule has 26 heavy (non-hydrogen) atoms. The van der Waals surface area contributed by atoms with Crippen LogP contribution in [-0.4, -0.2) is 56.2 Å². The van der Waals surface area contributed by atoms with Crippen molar-refractivity contribution in [2.24, 2.45) is 0 Å². The lowest BCUT2D eigenvalue weighted by atomic mass is 10.1. The van der Waals surface area contributed by atoms with Crippen LogP contribution < -0.4 is 5.73 Å². The first kappa shape index (κ1) is 24.6. The number of halogens is 1. The van der Waals surface area contributed by atoms with Gasteiger partial charge in [-0.15, -0.1) is 15.9 Å². The largest absolute Gasteiger partial charge is 0.398 e. The van der Waals surface area contributed by atoms with Crippen LogP contribution in [0.1, 0.15) is 24.5 Å². The highest BCUT2D eigenvalue weighted by molar-refractivity contribution is 7.84. The average molecular weight is 411 g/mol. The molecule has 1 rings (SSSR count). The maximum absolute atomic E-state index is 11.5. The van der Waals surface area contributed by atoms with Gasteiger partial charge in [0.15, 0.2) is 0 Å². The number of benzene rings is 1. The van der Waals surface area contributed by atoms with E-state index >= 15 is 0 Å². The molecule has 0 saturated carbocycles. The van der Waals surface area contributed by atoms with Crippen molar-refractivity contribution in [3.8, 4) is 0 Å². The lowest BCUT2D eigenvalue weighted by molar-refractivity contribution is -0.137. The molecule has 0 aromatic heterocycles. The summed E-state index contributed by atoms with van der Waals surface area (Å²) in [4.78, 5) is 10.7. The van der Waals surface area contributed by atoms with Crippen molar-refractivity contribution in [2.45, 2.75) is 27.2 Å². The van der Waals surface area contributed by atoms with Gasteiger partial charge in [-0.3, -0.25) is 0 Å². The number of hydrogen-bond donors (Lipinski definition) is 2. The molecule has 0 heterocycles. The van der Waals surface area contributed by atoms with Crippen molar-refractivity contribution in [2.75, 3.05) is 38.1 Å². The van der Waals surface area contributed by atoms with Gasteiger partial charge in [-0.1, -0.05) is 25.1 Å². The van der Waals surface area contributed by atoms with Crippen LogP contribution in [0.5, 0.6) is 0 Å². The van der Waals surface area contributed by atoms with Crippen LogP contribution in [-0.2, 0) is 24.0 Å². The Bertz CT molecular complexity index is 634. The Balaban J connectivity index is 0.000000577. The van der Waals surface area contributed by atoms with Crippen molar-refractivity contribution >= 4 is 33.6 Å². The van der Waals surface area contributed by atoms with Crippen LogP contribution in [0.15, 0.2) is 18.2 Å². The van der Waals surface area contributed by atoms with E-state index in [2.05, 4.69) is 4.18 Å². The Morgan fingerprint density at radius 3 is 2.31 bits per heavy atom.